The summed E-state index contributed by atoms with van der Waals surface area (Å²) in [5, 5.41) is 0. The first-order valence-electron chi connectivity index (χ1n) is 10.0. The Morgan fingerprint density at radius 1 is 0.500 bits per heavy atom. The average molecular weight is 461 g/mol. The van der Waals surface area contributed by atoms with Crippen LogP contribution >= 0.6 is 7.60 Å². The summed E-state index contributed by atoms with van der Waals surface area (Å²) in [6.07, 6.45) is 0. The van der Waals surface area contributed by atoms with E-state index in [1.165, 1.54) is 0 Å². The molecule has 182 valence electrons. The number of hydrogen-bond donors (Lipinski definition) is 0. The Morgan fingerprint density at radius 3 is 0.967 bits per heavy atom. The molecule has 0 rings (SSSR count). The molecule has 0 bridgehead atoms. The lowest BCUT2D eigenvalue weighted by Gasteiger charge is -2.17. The topological polar surface area (TPSA) is 123 Å². The maximum atomic E-state index is 10.7. The molecule has 0 N–H and O–H groups in total. The second-order valence-electron chi connectivity index (χ2n) is 5.88. The van der Waals surface area contributed by atoms with Gasteiger partial charge in [0.15, 0.2) is 0 Å². The molecule has 0 heterocycles. The van der Waals surface area contributed by atoms with Gasteiger partial charge < -0.3 is 51.9 Å². The van der Waals surface area contributed by atoms with E-state index in [-0.39, 0.29) is 13.2 Å². The molecule has 0 saturated heterocycles. The molecule has 0 aromatic rings. The Hall–Kier alpha value is -0.170. The van der Waals surface area contributed by atoms with Gasteiger partial charge in [0, 0.05) is 13.8 Å². The second-order valence-corrected chi connectivity index (χ2v) is 7.68. The van der Waals surface area contributed by atoms with Crippen LogP contribution in [0.15, 0.2) is 0 Å². The molecule has 0 aromatic heterocycles. The van der Waals surface area contributed by atoms with Crippen LogP contribution in [-0.4, -0.2) is 119 Å². The predicted octanol–water partition coefficient (Wildman–Crippen LogP) is -0.0512. The normalized spacial score (nSPS) is 13.6. The van der Waals surface area contributed by atoms with Gasteiger partial charge in [-0.2, -0.15) is 0 Å². The van der Waals surface area contributed by atoms with Crippen molar-refractivity contribution in [3.05, 3.63) is 0 Å². The Labute approximate surface area is 179 Å². The van der Waals surface area contributed by atoms with Crippen molar-refractivity contribution in [3.63, 3.8) is 0 Å². The molecular formula is C18H38O11P-. The molecule has 0 aliphatic rings. The first kappa shape index (κ1) is 29.8. The van der Waals surface area contributed by atoms with Crippen LogP contribution < -0.4 is 4.89 Å². The van der Waals surface area contributed by atoms with Crippen LogP contribution in [0.4, 0.5) is 0 Å². The van der Waals surface area contributed by atoms with E-state index >= 15 is 0 Å². The average Bonchev–Trinajstić information content (AvgIpc) is 2.70. The molecular weight excluding hydrogens is 423 g/mol. The van der Waals surface area contributed by atoms with Crippen molar-refractivity contribution in [1.82, 2.24) is 0 Å². The fraction of sp³-hybridized carbons (Fsp3) is 1.00. The summed E-state index contributed by atoms with van der Waals surface area (Å²) in [5.41, 5.74) is 0. The second kappa shape index (κ2) is 23.5. The molecule has 12 heteroatoms. The minimum Gasteiger partial charge on any atom is -0.779 e. The zero-order valence-corrected chi connectivity index (χ0v) is 19.1. The largest absolute Gasteiger partial charge is 0.779 e. The molecule has 30 heavy (non-hydrogen) atoms. The van der Waals surface area contributed by atoms with E-state index in [0.717, 1.165) is 6.66 Å². The van der Waals surface area contributed by atoms with E-state index in [1.54, 1.807) is 7.11 Å². The number of methoxy groups -OCH3 is 1. The molecule has 0 amide bonds. The summed E-state index contributed by atoms with van der Waals surface area (Å²) in [6, 6.07) is 0. The van der Waals surface area contributed by atoms with Gasteiger partial charge in [-0.25, -0.2) is 0 Å². The quantitative estimate of drug-likeness (QED) is 0.134. The molecule has 0 aliphatic heterocycles. The van der Waals surface area contributed by atoms with Gasteiger partial charge in [-0.05, 0) is 0 Å². The highest BCUT2D eigenvalue weighted by Gasteiger charge is 1.98. The zero-order chi connectivity index (χ0) is 22.2. The monoisotopic (exact) mass is 461 g/mol. The van der Waals surface area contributed by atoms with Crippen LogP contribution in [0.3, 0.4) is 0 Å². The summed E-state index contributed by atoms with van der Waals surface area (Å²) < 4.78 is 57.4. The van der Waals surface area contributed by atoms with Gasteiger partial charge in [-0.3, -0.25) is 0 Å². The minimum absolute atomic E-state index is 0.0182. The number of ether oxygens (including phenoxy) is 8. The van der Waals surface area contributed by atoms with Crippen molar-refractivity contribution in [1.29, 1.82) is 0 Å². The summed E-state index contributed by atoms with van der Waals surface area (Å²) in [7, 11) is -2.03. The molecule has 0 aromatic carbocycles. The third-order valence-electron chi connectivity index (χ3n) is 3.22. The lowest BCUT2D eigenvalue weighted by Crippen LogP contribution is -2.15. The van der Waals surface area contributed by atoms with Crippen molar-refractivity contribution < 1.29 is 51.9 Å². The lowest BCUT2D eigenvalue weighted by molar-refractivity contribution is -0.197. The maximum Gasteiger partial charge on any atom is 0.131 e. The van der Waals surface area contributed by atoms with Crippen molar-refractivity contribution in [2.75, 3.05) is 119 Å². The van der Waals surface area contributed by atoms with Gasteiger partial charge in [-0.1, -0.05) is 0 Å². The smallest absolute Gasteiger partial charge is 0.131 e. The van der Waals surface area contributed by atoms with Gasteiger partial charge >= 0.3 is 0 Å². The zero-order valence-electron chi connectivity index (χ0n) is 18.3. The van der Waals surface area contributed by atoms with Crippen LogP contribution in [0.5, 0.6) is 0 Å². The van der Waals surface area contributed by atoms with E-state index in [9.17, 15) is 9.46 Å². The third kappa shape index (κ3) is 27.8. The Kier molecular flexibility index (Phi) is 23.4. The number of hydrogen-bond acceptors (Lipinski definition) is 11. The Bertz CT molecular complexity index is 381. The van der Waals surface area contributed by atoms with Crippen molar-refractivity contribution >= 4 is 7.60 Å². The summed E-state index contributed by atoms with van der Waals surface area (Å²) >= 11 is 0. The molecule has 11 nitrogen and oxygen atoms in total. The summed E-state index contributed by atoms with van der Waals surface area (Å²) in [6.45, 7) is 8.21. The SMILES string of the molecule is COCCOCCOCCOCCOCCOCCOCCOCCOP(C)(=O)[O-]. The van der Waals surface area contributed by atoms with Crippen LogP contribution in [0.2, 0.25) is 0 Å². The molecule has 1 atom stereocenters. The van der Waals surface area contributed by atoms with E-state index in [0.29, 0.717) is 92.5 Å². The van der Waals surface area contributed by atoms with Gasteiger partial charge in [0.1, 0.15) is 7.60 Å². The van der Waals surface area contributed by atoms with Crippen LogP contribution in [0.25, 0.3) is 0 Å². The Morgan fingerprint density at radius 2 is 0.733 bits per heavy atom. The van der Waals surface area contributed by atoms with Crippen LogP contribution in [0.1, 0.15) is 0 Å². The highest BCUT2D eigenvalue weighted by Crippen LogP contribution is 2.30. The van der Waals surface area contributed by atoms with Crippen molar-refractivity contribution in [2.45, 2.75) is 0 Å². The van der Waals surface area contributed by atoms with Crippen LogP contribution in [-0.2, 0) is 47.0 Å². The molecule has 1 unspecified atom stereocenters. The van der Waals surface area contributed by atoms with Gasteiger partial charge in [0.25, 0.3) is 0 Å². The third-order valence-corrected chi connectivity index (χ3v) is 3.87. The van der Waals surface area contributed by atoms with E-state index < -0.39 is 7.60 Å². The standard InChI is InChI=1S/C18H39O11P/c1-21-3-4-22-5-6-23-7-8-24-9-10-25-11-12-26-13-14-27-15-16-28-17-18-29-30(2,19)20/h3-18H2,1-2H3,(H,19,20)/p-1. The minimum atomic E-state index is -3.67. The summed E-state index contributed by atoms with van der Waals surface area (Å²) in [5.74, 6) is 0. The molecule has 0 spiro atoms. The lowest BCUT2D eigenvalue weighted by atomic mass is 10.6. The van der Waals surface area contributed by atoms with Gasteiger partial charge in [-0.15, -0.1) is 0 Å². The first-order chi connectivity index (χ1) is 14.6. The van der Waals surface area contributed by atoms with Crippen molar-refractivity contribution in [2.24, 2.45) is 0 Å². The van der Waals surface area contributed by atoms with Crippen LogP contribution in [0, 0.1) is 0 Å². The van der Waals surface area contributed by atoms with E-state index in [1.807, 2.05) is 0 Å². The van der Waals surface area contributed by atoms with Gasteiger partial charge in [0.2, 0.25) is 0 Å². The van der Waals surface area contributed by atoms with E-state index in [4.69, 9.17) is 37.9 Å². The fourth-order valence-electron chi connectivity index (χ4n) is 1.83. The van der Waals surface area contributed by atoms with Gasteiger partial charge in [0.05, 0.1) is 106 Å². The molecule has 0 saturated carbocycles. The highest BCUT2D eigenvalue weighted by atomic mass is 31.2. The maximum absolute atomic E-state index is 10.7. The highest BCUT2D eigenvalue weighted by molar-refractivity contribution is 7.50. The van der Waals surface area contributed by atoms with Crippen molar-refractivity contribution in [3.8, 4) is 0 Å². The fourth-order valence-corrected chi connectivity index (χ4v) is 2.23. The summed E-state index contributed by atoms with van der Waals surface area (Å²) in [4.78, 5) is 10.7. The van der Waals surface area contributed by atoms with E-state index in [2.05, 4.69) is 4.52 Å². The predicted molar refractivity (Wildman–Crippen MR) is 107 cm³/mol. The Balaban J connectivity index is 3.03. The molecule has 0 radical (unpaired) electrons. The molecule has 0 aliphatic carbocycles. The first-order valence-corrected chi connectivity index (χ1v) is 12.0. The number of rotatable bonds is 25. The molecule has 0 fully saturated rings.